The van der Waals surface area contributed by atoms with Crippen molar-refractivity contribution in [2.24, 2.45) is 4.99 Å². The van der Waals surface area contributed by atoms with Gasteiger partial charge in [0.15, 0.2) is 5.17 Å². The van der Waals surface area contributed by atoms with E-state index in [4.69, 9.17) is 5.11 Å². The first kappa shape index (κ1) is 7.56. The van der Waals surface area contributed by atoms with Crippen LogP contribution in [0.25, 0.3) is 0 Å². The summed E-state index contributed by atoms with van der Waals surface area (Å²) in [6.07, 6.45) is 0. The van der Waals surface area contributed by atoms with Crippen LogP contribution in [0.15, 0.2) is 4.99 Å². The second-order valence-corrected chi connectivity index (χ2v) is 2.83. The van der Waals surface area contributed by atoms with Gasteiger partial charge in [0.2, 0.25) is 0 Å². The van der Waals surface area contributed by atoms with Crippen LogP contribution in [0.3, 0.4) is 0 Å². The van der Waals surface area contributed by atoms with Crippen molar-refractivity contribution in [3.05, 3.63) is 0 Å². The van der Waals surface area contributed by atoms with Gasteiger partial charge in [0.25, 0.3) is 5.91 Å². The predicted molar refractivity (Wildman–Crippen MR) is 40.0 cm³/mol. The van der Waals surface area contributed by atoms with E-state index < -0.39 is 12.5 Å². The van der Waals surface area contributed by atoms with Gasteiger partial charge >= 0.3 is 0 Å². The van der Waals surface area contributed by atoms with Gasteiger partial charge in [0.05, 0.1) is 6.54 Å². The highest BCUT2D eigenvalue weighted by molar-refractivity contribution is 8.14. The summed E-state index contributed by atoms with van der Waals surface area (Å²) in [7, 11) is 0. The topological polar surface area (TPSA) is 61.7 Å². The monoisotopic (exact) mass is 160 g/mol. The zero-order valence-corrected chi connectivity index (χ0v) is 6.15. The van der Waals surface area contributed by atoms with Crippen LogP contribution < -0.4 is 5.32 Å². The minimum absolute atomic E-state index is 0.395. The van der Waals surface area contributed by atoms with E-state index >= 15 is 0 Å². The molecule has 2 N–H and O–H groups in total. The Morgan fingerprint density at radius 2 is 2.70 bits per heavy atom. The van der Waals surface area contributed by atoms with Gasteiger partial charge in [0.1, 0.15) is 6.61 Å². The molecule has 1 heterocycles. The van der Waals surface area contributed by atoms with Crippen molar-refractivity contribution in [3.8, 4) is 0 Å². The maximum absolute atomic E-state index is 10.5. The molecule has 0 saturated heterocycles. The van der Waals surface area contributed by atoms with E-state index in [2.05, 4.69) is 10.3 Å². The molecule has 5 heteroatoms. The van der Waals surface area contributed by atoms with E-state index in [9.17, 15) is 4.79 Å². The smallest absolute Gasteiger partial charge is 0.251 e. The third kappa shape index (κ3) is 2.00. The molecule has 0 aromatic heterocycles. The number of hydrogen-bond donors (Lipinski definition) is 2. The number of amidine groups is 1. The highest BCUT2D eigenvalue weighted by Crippen LogP contribution is 2.08. The number of nitrogens with zero attached hydrogens (tertiary/aromatic N) is 1. The fourth-order valence-corrected chi connectivity index (χ4v) is 1.31. The summed E-state index contributed by atoms with van der Waals surface area (Å²) in [4.78, 5) is 14.5. The van der Waals surface area contributed by atoms with Crippen molar-refractivity contribution in [2.75, 3.05) is 18.9 Å². The van der Waals surface area contributed by atoms with E-state index in [-0.39, 0.29) is 0 Å². The minimum atomic E-state index is -0.473. The Morgan fingerprint density at radius 1 is 1.90 bits per heavy atom. The summed E-state index contributed by atoms with van der Waals surface area (Å²) in [6.45, 7) is 0.283. The average Bonchev–Trinajstić information content (AvgIpc) is 2.40. The lowest BCUT2D eigenvalue weighted by molar-refractivity contribution is -0.122. The lowest BCUT2D eigenvalue weighted by Crippen LogP contribution is -2.29. The molecule has 0 aliphatic carbocycles. The Bertz CT molecular complexity index is 169. The highest BCUT2D eigenvalue weighted by atomic mass is 32.2. The Morgan fingerprint density at radius 3 is 3.20 bits per heavy atom. The molecule has 0 saturated carbocycles. The van der Waals surface area contributed by atoms with Gasteiger partial charge in [-0.3, -0.25) is 9.79 Å². The van der Waals surface area contributed by atoms with Crippen LogP contribution in [0, 0.1) is 0 Å². The highest BCUT2D eigenvalue weighted by Gasteiger charge is 2.08. The first-order valence-electron chi connectivity index (χ1n) is 2.91. The number of thioether (sulfide) groups is 1. The molecule has 1 rings (SSSR count). The number of carbonyl (C=O) groups is 1. The molecule has 0 aromatic rings. The first-order valence-corrected chi connectivity index (χ1v) is 3.89. The summed E-state index contributed by atoms with van der Waals surface area (Å²) >= 11 is 1.49. The fourth-order valence-electron chi connectivity index (χ4n) is 0.570. The zero-order valence-electron chi connectivity index (χ0n) is 5.33. The van der Waals surface area contributed by atoms with Crippen molar-refractivity contribution >= 4 is 22.8 Å². The second kappa shape index (κ2) is 3.58. The molecule has 1 aliphatic heterocycles. The third-order valence-corrected chi connectivity index (χ3v) is 1.87. The summed E-state index contributed by atoms with van der Waals surface area (Å²) in [5.74, 6) is 0.522. The van der Waals surface area contributed by atoms with Crippen molar-refractivity contribution < 1.29 is 9.90 Å². The molecule has 0 fully saturated rings. The summed E-state index contributed by atoms with van der Waals surface area (Å²) < 4.78 is 0. The molecule has 1 aliphatic rings. The van der Waals surface area contributed by atoms with Crippen LogP contribution in [0.4, 0.5) is 0 Å². The second-order valence-electron chi connectivity index (χ2n) is 1.74. The van der Waals surface area contributed by atoms with E-state index in [0.717, 1.165) is 12.3 Å². The minimum Gasteiger partial charge on any atom is -0.387 e. The molecular formula is C5H8N2O2S. The van der Waals surface area contributed by atoms with Crippen molar-refractivity contribution in [3.63, 3.8) is 0 Å². The van der Waals surface area contributed by atoms with Crippen molar-refractivity contribution in [2.45, 2.75) is 0 Å². The van der Waals surface area contributed by atoms with Crippen molar-refractivity contribution in [1.29, 1.82) is 0 Å². The van der Waals surface area contributed by atoms with E-state index in [1.807, 2.05) is 0 Å². The van der Waals surface area contributed by atoms with Gasteiger partial charge in [-0.2, -0.15) is 0 Å². The molecule has 0 radical (unpaired) electrons. The molecule has 0 spiro atoms. The van der Waals surface area contributed by atoms with E-state index in [1.165, 1.54) is 11.8 Å². The SMILES string of the molecule is O=C(CO)NC1=NCCS1. The van der Waals surface area contributed by atoms with E-state index in [0.29, 0.717) is 5.17 Å². The molecule has 0 unspecified atom stereocenters. The number of aliphatic imine (C=N–C) groups is 1. The maximum atomic E-state index is 10.5. The Hall–Kier alpha value is -0.550. The van der Waals surface area contributed by atoms with Gasteiger partial charge in [-0.1, -0.05) is 11.8 Å². The Kier molecular flexibility index (Phi) is 2.70. The van der Waals surface area contributed by atoms with Gasteiger partial charge in [-0.25, -0.2) is 0 Å². The number of amides is 1. The van der Waals surface area contributed by atoms with Crippen LogP contribution in [0.5, 0.6) is 0 Å². The largest absolute Gasteiger partial charge is 0.387 e. The molecule has 10 heavy (non-hydrogen) atoms. The van der Waals surface area contributed by atoms with Gasteiger partial charge in [0, 0.05) is 5.75 Å². The average molecular weight is 160 g/mol. The molecule has 0 atom stereocenters. The predicted octanol–water partition coefficient (Wildman–Crippen LogP) is -0.802. The van der Waals surface area contributed by atoms with Crippen LogP contribution in [-0.2, 0) is 4.79 Å². The van der Waals surface area contributed by atoms with Crippen LogP contribution in [0.1, 0.15) is 0 Å². The first-order chi connectivity index (χ1) is 4.83. The van der Waals surface area contributed by atoms with Crippen molar-refractivity contribution in [1.82, 2.24) is 5.32 Å². The number of rotatable bonds is 1. The number of hydrogen-bond acceptors (Lipinski definition) is 4. The van der Waals surface area contributed by atoms with Crippen LogP contribution in [0.2, 0.25) is 0 Å². The zero-order chi connectivity index (χ0) is 7.40. The lowest BCUT2D eigenvalue weighted by atomic mass is 10.7. The summed E-state index contributed by atoms with van der Waals surface area (Å²) in [5, 5.41) is 11.4. The number of nitrogens with one attached hydrogen (secondary N) is 1. The van der Waals surface area contributed by atoms with Crippen LogP contribution >= 0.6 is 11.8 Å². The molecule has 1 amide bonds. The van der Waals surface area contributed by atoms with E-state index in [1.54, 1.807) is 0 Å². The van der Waals surface area contributed by atoms with Gasteiger partial charge in [-0.05, 0) is 0 Å². The number of carbonyl (C=O) groups excluding carboxylic acids is 1. The summed E-state index contributed by atoms with van der Waals surface area (Å²) in [6, 6.07) is 0. The molecule has 0 aromatic carbocycles. The van der Waals surface area contributed by atoms with Gasteiger partial charge < -0.3 is 10.4 Å². The standard InChI is InChI=1S/C5H8N2O2S/c8-3-4(9)7-5-6-1-2-10-5/h8H,1-3H2,(H,6,7,9). The fraction of sp³-hybridized carbons (Fsp3) is 0.600. The quantitative estimate of drug-likeness (QED) is 0.528. The maximum Gasteiger partial charge on any atom is 0.251 e. The molecular weight excluding hydrogens is 152 g/mol. The van der Waals surface area contributed by atoms with Gasteiger partial charge in [-0.15, -0.1) is 0 Å². The third-order valence-electron chi connectivity index (χ3n) is 0.975. The molecule has 4 nitrogen and oxygen atoms in total. The van der Waals surface area contributed by atoms with Crippen LogP contribution in [-0.4, -0.2) is 35.1 Å². The molecule has 56 valence electrons. The number of aliphatic hydroxyl groups is 1. The Labute approximate surface area is 62.7 Å². The Balaban J connectivity index is 2.30. The summed E-state index contributed by atoms with van der Waals surface area (Å²) in [5.41, 5.74) is 0. The lowest BCUT2D eigenvalue weighted by Gasteiger charge is -1.98. The molecule has 0 bridgehead atoms. The normalized spacial score (nSPS) is 16.7. The number of aliphatic hydroxyl groups excluding tert-OH is 1.